The SMILES string of the molecule is CC(C)(C)NCC1(Cc2ccc(Br)cn2)CCOC1. The van der Waals surface area contributed by atoms with E-state index in [-0.39, 0.29) is 11.0 Å². The maximum atomic E-state index is 5.64. The van der Waals surface area contributed by atoms with Gasteiger partial charge in [-0.2, -0.15) is 0 Å². The van der Waals surface area contributed by atoms with Crippen molar-refractivity contribution in [1.82, 2.24) is 10.3 Å². The molecule has 1 unspecified atom stereocenters. The summed E-state index contributed by atoms with van der Waals surface area (Å²) < 4.78 is 6.67. The van der Waals surface area contributed by atoms with Gasteiger partial charge in [0, 0.05) is 40.5 Å². The quantitative estimate of drug-likeness (QED) is 0.922. The molecule has 3 nitrogen and oxygen atoms in total. The first-order valence-electron chi connectivity index (χ1n) is 6.82. The average Bonchev–Trinajstić information content (AvgIpc) is 2.78. The molecule has 1 fully saturated rings. The zero-order chi connectivity index (χ0) is 13.9. The van der Waals surface area contributed by atoms with Crippen LogP contribution in [0.1, 0.15) is 32.9 Å². The molecular formula is C15H23BrN2O. The molecule has 0 spiro atoms. The number of aromatic nitrogens is 1. The lowest BCUT2D eigenvalue weighted by Gasteiger charge is -2.32. The van der Waals surface area contributed by atoms with Gasteiger partial charge in [-0.25, -0.2) is 0 Å². The summed E-state index contributed by atoms with van der Waals surface area (Å²) in [6.07, 6.45) is 3.95. The summed E-state index contributed by atoms with van der Waals surface area (Å²) in [5, 5.41) is 3.62. The molecular weight excluding hydrogens is 304 g/mol. The molecule has 0 radical (unpaired) electrons. The molecule has 0 aromatic carbocycles. The summed E-state index contributed by atoms with van der Waals surface area (Å²) in [4.78, 5) is 4.50. The molecule has 1 saturated heterocycles. The van der Waals surface area contributed by atoms with Crippen molar-refractivity contribution in [3.63, 3.8) is 0 Å². The van der Waals surface area contributed by atoms with Crippen molar-refractivity contribution in [2.24, 2.45) is 5.41 Å². The fraction of sp³-hybridized carbons (Fsp3) is 0.667. The lowest BCUT2D eigenvalue weighted by atomic mass is 9.81. The Morgan fingerprint density at radius 2 is 2.21 bits per heavy atom. The van der Waals surface area contributed by atoms with Gasteiger partial charge in [0.25, 0.3) is 0 Å². The van der Waals surface area contributed by atoms with Crippen LogP contribution in [-0.2, 0) is 11.2 Å². The third kappa shape index (κ3) is 4.55. The van der Waals surface area contributed by atoms with Crippen LogP contribution < -0.4 is 5.32 Å². The minimum atomic E-state index is 0.142. The number of hydrogen-bond acceptors (Lipinski definition) is 3. The van der Waals surface area contributed by atoms with Crippen LogP contribution >= 0.6 is 15.9 Å². The van der Waals surface area contributed by atoms with Gasteiger partial charge in [0.1, 0.15) is 0 Å². The van der Waals surface area contributed by atoms with E-state index in [0.29, 0.717) is 0 Å². The molecule has 1 aromatic rings. The summed E-state index contributed by atoms with van der Waals surface area (Å²) in [5.74, 6) is 0. The summed E-state index contributed by atoms with van der Waals surface area (Å²) in [6.45, 7) is 9.28. The van der Waals surface area contributed by atoms with Crippen molar-refractivity contribution in [3.05, 3.63) is 28.5 Å². The number of ether oxygens (including phenoxy) is 1. The van der Waals surface area contributed by atoms with E-state index < -0.39 is 0 Å². The fourth-order valence-electron chi connectivity index (χ4n) is 2.34. The topological polar surface area (TPSA) is 34.2 Å². The first kappa shape index (κ1) is 14.9. The summed E-state index contributed by atoms with van der Waals surface area (Å²) >= 11 is 3.43. The maximum absolute atomic E-state index is 5.64. The highest BCUT2D eigenvalue weighted by atomic mass is 79.9. The molecule has 0 aliphatic carbocycles. The number of rotatable bonds is 4. The van der Waals surface area contributed by atoms with E-state index in [1.807, 2.05) is 6.20 Å². The molecule has 4 heteroatoms. The highest BCUT2D eigenvalue weighted by Crippen LogP contribution is 2.32. The van der Waals surface area contributed by atoms with E-state index in [0.717, 1.165) is 42.8 Å². The van der Waals surface area contributed by atoms with E-state index in [2.05, 4.69) is 59.1 Å². The largest absolute Gasteiger partial charge is 0.381 e. The van der Waals surface area contributed by atoms with E-state index >= 15 is 0 Å². The Hall–Kier alpha value is -0.450. The molecule has 1 aromatic heterocycles. The standard InChI is InChI=1S/C15H23BrN2O/c1-14(2,3)18-10-15(6-7-19-11-15)8-13-5-4-12(16)9-17-13/h4-5,9,18H,6-8,10-11H2,1-3H3. The van der Waals surface area contributed by atoms with Crippen LogP contribution in [0.15, 0.2) is 22.8 Å². The van der Waals surface area contributed by atoms with Crippen molar-refractivity contribution < 1.29 is 4.74 Å². The molecule has 19 heavy (non-hydrogen) atoms. The Morgan fingerprint density at radius 3 is 2.74 bits per heavy atom. The third-order valence-corrected chi connectivity index (χ3v) is 3.99. The molecule has 1 aliphatic heterocycles. The van der Waals surface area contributed by atoms with Crippen LogP contribution in [0.3, 0.4) is 0 Å². The second-order valence-electron chi connectivity index (χ2n) is 6.55. The molecule has 2 rings (SSSR count). The molecule has 0 saturated carbocycles. The van der Waals surface area contributed by atoms with E-state index in [1.54, 1.807) is 0 Å². The number of hydrogen-bond donors (Lipinski definition) is 1. The van der Waals surface area contributed by atoms with E-state index in [9.17, 15) is 0 Å². The Balaban J connectivity index is 2.05. The van der Waals surface area contributed by atoms with Crippen LogP contribution in [-0.4, -0.2) is 30.3 Å². The van der Waals surface area contributed by atoms with Crippen molar-refractivity contribution in [1.29, 1.82) is 0 Å². The number of nitrogens with zero attached hydrogens (tertiary/aromatic N) is 1. The Morgan fingerprint density at radius 1 is 1.42 bits per heavy atom. The van der Waals surface area contributed by atoms with Crippen LogP contribution in [0.4, 0.5) is 0 Å². The van der Waals surface area contributed by atoms with Crippen molar-refractivity contribution in [3.8, 4) is 0 Å². The number of halogens is 1. The van der Waals surface area contributed by atoms with Gasteiger partial charge in [0.2, 0.25) is 0 Å². The van der Waals surface area contributed by atoms with Gasteiger partial charge < -0.3 is 10.1 Å². The second-order valence-corrected chi connectivity index (χ2v) is 7.47. The average molecular weight is 327 g/mol. The number of pyridine rings is 1. The predicted molar refractivity (Wildman–Crippen MR) is 81.3 cm³/mol. The molecule has 1 aliphatic rings. The minimum absolute atomic E-state index is 0.142. The molecule has 1 N–H and O–H groups in total. The normalized spacial score (nSPS) is 23.8. The predicted octanol–water partition coefficient (Wildman–Crippen LogP) is 3.18. The van der Waals surface area contributed by atoms with Crippen LogP contribution in [0.5, 0.6) is 0 Å². The van der Waals surface area contributed by atoms with Gasteiger partial charge in [-0.3, -0.25) is 4.98 Å². The second kappa shape index (κ2) is 5.90. The van der Waals surface area contributed by atoms with Gasteiger partial charge in [0.15, 0.2) is 0 Å². The number of nitrogens with one attached hydrogen (secondary N) is 1. The smallest absolute Gasteiger partial charge is 0.0539 e. The van der Waals surface area contributed by atoms with Crippen LogP contribution in [0, 0.1) is 5.41 Å². The Labute approximate surface area is 124 Å². The van der Waals surface area contributed by atoms with E-state index in [1.165, 1.54) is 0 Å². The van der Waals surface area contributed by atoms with Crippen molar-refractivity contribution in [2.45, 2.75) is 39.2 Å². The zero-order valence-corrected chi connectivity index (χ0v) is 13.6. The summed E-state index contributed by atoms with van der Waals surface area (Å²) in [7, 11) is 0. The lowest BCUT2D eigenvalue weighted by Crippen LogP contribution is -2.45. The highest BCUT2D eigenvalue weighted by molar-refractivity contribution is 9.10. The monoisotopic (exact) mass is 326 g/mol. The minimum Gasteiger partial charge on any atom is -0.381 e. The van der Waals surface area contributed by atoms with E-state index in [4.69, 9.17) is 4.74 Å². The third-order valence-electron chi connectivity index (χ3n) is 3.52. The Bertz CT molecular complexity index is 405. The molecule has 2 heterocycles. The Kier molecular flexibility index (Phi) is 4.64. The summed E-state index contributed by atoms with van der Waals surface area (Å²) in [5.41, 5.74) is 1.47. The van der Waals surface area contributed by atoms with Gasteiger partial charge in [-0.1, -0.05) is 0 Å². The molecule has 1 atom stereocenters. The fourth-order valence-corrected chi connectivity index (χ4v) is 2.57. The lowest BCUT2D eigenvalue weighted by molar-refractivity contribution is 0.143. The highest BCUT2D eigenvalue weighted by Gasteiger charge is 2.36. The first-order chi connectivity index (χ1) is 8.89. The first-order valence-corrected chi connectivity index (χ1v) is 7.61. The van der Waals surface area contributed by atoms with Gasteiger partial charge in [-0.05, 0) is 61.7 Å². The summed E-state index contributed by atoms with van der Waals surface area (Å²) in [6, 6.07) is 4.16. The molecule has 0 bridgehead atoms. The van der Waals surface area contributed by atoms with Gasteiger partial charge >= 0.3 is 0 Å². The van der Waals surface area contributed by atoms with Gasteiger partial charge in [-0.15, -0.1) is 0 Å². The molecule has 106 valence electrons. The van der Waals surface area contributed by atoms with Crippen LogP contribution in [0.2, 0.25) is 0 Å². The zero-order valence-electron chi connectivity index (χ0n) is 12.0. The van der Waals surface area contributed by atoms with Crippen LogP contribution in [0.25, 0.3) is 0 Å². The van der Waals surface area contributed by atoms with Gasteiger partial charge in [0.05, 0.1) is 6.61 Å². The van der Waals surface area contributed by atoms with Crippen molar-refractivity contribution >= 4 is 15.9 Å². The molecule has 0 amide bonds. The maximum Gasteiger partial charge on any atom is 0.0539 e. The van der Waals surface area contributed by atoms with Crippen molar-refractivity contribution in [2.75, 3.05) is 19.8 Å².